The predicted octanol–water partition coefficient (Wildman–Crippen LogP) is 2.87. The molecule has 4 atom stereocenters. The van der Waals surface area contributed by atoms with Gasteiger partial charge in [-0.3, -0.25) is 0 Å². The summed E-state index contributed by atoms with van der Waals surface area (Å²) in [5.41, 5.74) is 0. The van der Waals surface area contributed by atoms with E-state index >= 15 is 0 Å². The third-order valence-electron chi connectivity index (χ3n) is 3.87. The predicted molar refractivity (Wildman–Crippen MR) is 58.8 cm³/mol. The zero-order valence-corrected chi connectivity index (χ0v) is 10.1. The van der Waals surface area contributed by atoms with E-state index in [1.165, 1.54) is 0 Å². The van der Waals surface area contributed by atoms with Crippen molar-refractivity contribution in [1.82, 2.24) is 5.32 Å². The van der Waals surface area contributed by atoms with Crippen molar-refractivity contribution in [3.63, 3.8) is 0 Å². The van der Waals surface area contributed by atoms with E-state index in [4.69, 9.17) is 4.74 Å². The molecule has 2 aliphatic heterocycles. The molecular weight excluding hydrogens is 231 g/mol. The molecule has 2 fully saturated rings. The highest BCUT2D eigenvalue weighted by atomic mass is 19.4. The molecule has 0 aliphatic carbocycles. The number of ether oxygens (including phenoxy) is 1. The SMILES string of the molecule is CCNC(CCC(F)(F)F)C1CC2CCC1O2. The van der Waals surface area contributed by atoms with Crippen molar-refractivity contribution in [2.75, 3.05) is 6.54 Å². The van der Waals surface area contributed by atoms with Crippen LogP contribution in [0.1, 0.15) is 39.0 Å². The Morgan fingerprint density at radius 1 is 1.35 bits per heavy atom. The lowest BCUT2D eigenvalue weighted by Crippen LogP contribution is -2.41. The Kier molecular flexibility index (Phi) is 3.98. The Morgan fingerprint density at radius 2 is 2.12 bits per heavy atom. The van der Waals surface area contributed by atoms with Gasteiger partial charge in [-0.15, -0.1) is 0 Å². The van der Waals surface area contributed by atoms with Crippen molar-refractivity contribution in [2.45, 2.75) is 63.5 Å². The van der Waals surface area contributed by atoms with Gasteiger partial charge >= 0.3 is 6.18 Å². The second-order valence-electron chi connectivity index (χ2n) is 5.09. The molecule has 0 aromatic rings. The monoisotopic (exact) mass is 251 g/mol. The molecule has 2 heterocycles. The summed E-state index contributed by atoms with van der Waals surface area (Å²) in [5.74, 6) is 0.274. The first-order chi connectivity index (χ1) is 7.99. The average molecular weight is 251 g/mol. The molecule has 2 rings (SSSR count). The van der Waals surface area contributed by atoms with Gasteiger partial charge in [-0.1, -0.05) is 6.92 Å². The van der Waals surface area contributed by atoms with Gasteiger partial charge < -0.3 is 10.1 Å². The zero-order valence-electron chi connectivity index (χ0n) is 10.1. The van der Waals surface area contributed by atoms with Gasteiger partial charge in [-0.25, -0.2) is 0 Å². The molecule has 2 saturated heterocycles. The molecule has 5 heteroatoms. The van der Waals surface area contributed by atoms with E-state index in [0.29, 0.717) is 6.10 Å². The van der Waals surface area contributed by atoms with E-state index in [2.05, 4.69) is 5.32 Å². The standard InChI is InChI=1S/C12H20F3NO/c1-2-16-10(5-6-12(13,14)15)9-7-8-3-4-11(9)17-8/h8-11,16H,2-7H2,1H3. The average Bonchev–Trinajstić information content (AvgIpc) is 2.84. The van der Waals surface area contributed by atoms with Crippen LogP contribution < -0.4 is 5.32 Å². The van der Waals surface area contributed by atoms with E-state index in [1.54, 1.807) is 0 Å². The minimum absolute atomic E-state index is 0.0445. The Morgan fingerprint density at radius 3 is 2.59 bits per heavy atom. The number of fused-ring (bicyclic) bond motifs is 2. The van der Waals surface area contributed by atoms with Crippen LogP contribution in [-0.4, -0.2) is 31.0 Å². The third kappa shape index (κ3) is 3.35. The number of rotatable bonds is 5. The summed E-state index contributed by atoms with van der Waals surface area (Å²) in [6, 6.07) is -0.0445. The fourth-order valence-corrected chi connectivity index (χ4v) is 3.15. The zero-order chi connectivity index (χ0) is 12.5. The maximum absolute atomic E-state index is 12.3. The second kappa shape index (κ2) is 5.14. The molecular formula is C12H20F3NO. The fraction of sp³-hybridized carbons (Fsp3) is 1.00. The molecule has 4 unspecified atom stereocenters. The van der Waals surface area contributed by atoms with Crippen LogP contribution in [-0.2, 0) is 4.74 Å². The Hall–Kier alpha value is -0.290. The molecule has 2 aliphatic rings. The fourth-order valence-electron chi connectivity index (χ4n) is 3.15. The van der Waals surface area contributed by atoms with Gasteiger partial charge in [0, 0.05) is 18.4 Å². The van der Waals surface area contributed by atoms with E-state index in [1.807, 2.05) is 6.92 Å². The molecule has 2 nitrogen and oxygen atoms in total. The lowest BCUT2D eigenvalue weighted by atomic mass is 9.82. The quantitative estimate of drug-likeness (QED) is 0.811. The molecule has 0 spiro atoms. The smallest absolute Gasteiger partial charge is 0.375 e. The molecule has 1 N–H and O–H groups in total. The van der Waals surface area contributed by atoms with Crippen molar-refractivity contribution < 1.29 is 17.9 Å². The van der Waals surface area contributed by atoms with Crippen molar-refractivity contribution in [1.29, 1.82) is 0 Å². The summed E-state index contributed by atoms with van der Waals surface area (Å²) in [4.78, 5) is 0. The van der Waals surface area contributed by atoms with Crippen LogP contribution in [0.5, 0.6) is 0 Å². The molecule has 0 radical (unpaired) electrons. The maximum atomic E-state index is 12.3. The van der Waals surface area contributed by atoms with Crippen LogP contribution in [0.4, 0.5) is 13.2 Å². The summed E-state index contributed by atoms with van der Waals surface area (Å²) < 4.78 is 42.5. The normalized spacial score (nSPS) is 34.2. The van der Waals surface area contributed by atoms with Crippen LogP contribution in [0, 0.1) is 5.92 Å². The minimum atomic E-state index is -4.05. The molecule has 0 aromatic carbocycles. The van der Waals surface area contributed by atoms with Crippen LogP contribution in [0.25, 0.3) is 0 Å². The first-order valence-corrected chi connectivity index (χ1v) is 6.45. The summed E-state index contributed by atoms with van der Waals surface area (Å²) in [7, 11) is 0. The van der Waals surface area contributed by atoms with Crippen molar-refractivity contribution in [3.05, 3.63) is 0 Å². The largest absolute Gasteiger partial charge is 0.389 e. The Balaban J connectivity index is 1.88. The first kappa shape index (κ1) is 13.1. The molecule has 17 heavy (non-hydrogen) atoms. The number of hydrogen-bond acceptors (Lipinski definition) is 2. The lowest BCUT2D eigenvalue weighted by molar-refractivity contribution is -0.137. The van der Waals surface area contributed by atoms with E-state index in [-0.39, 0.29) is 24.5 Å². The van der Waals surface area contributed by atoms with E-state index < -0.39 is 12.6 Å². The summed E-state index contributed by atoms with van der Waals surface area (Å²) >= 11 is 0. The van der Waals surface area contributed by atoms with Gasteiger partial charge in [0.05, 0.1) is 12.2 Å². The molecule has 2 bridgehead atoms. The lowest BCUT2D eigenvalue weighted by Gasteiger charge is -2.29. The van der Waals surface area contributed by atoms with Gasteiger partial charge in [-0.2, -0.15) is 13.2 Å². The topological polar surface area (TPSA) is 21.3 Å². The molecule has 0 aromatic heterocycles. The highest BCUT2D eigenvalue weighted by molar-refractivity contribution is 4.95. The van der Waals surface area contributed by atoms with Crippen molar-refractivity contribution in [3.8, 4) is 0 Å². The number of alkyl halides is 3. The van der Waals surface area contributed by atoms with Crippen molar-refractivity contribution in [2.24, 2.45) is 5.92 Å². The summed E-state index contributed by atoms with van der Waals surface area (Å²) in [6.45, 7) is 2.66. The highest BCUT2D eigenvalue weighted by Crippen LogP contribution is 2.41. The summed E-state index contributed by atoms with van der Waals surface area (Å²) in [6.07, 6.45) is -1.04. The first-order valence-electron chi connectivity index (χ1n) is 6.45. The molecule has 100 valence electrons. The Labute approximate surface area is 99.9 Å². The van der Waals surface area contributed by atoms with Crippen LogP contribution in [0.2, 0.25) is 0 Å². The maximum Gasteiger partial charge on any atom is 0.389 e. The number of halogens is 3. The summed E-state index contributed by atoms with van der Waals surface area (Å²) in [5, 5.41) is 3.20. The molecule has 0 amide bonds. The van der Waals surface area contributed by atoms with Gasteiger partial charge in [-0.05, 0) is 32.2 Å². The van der Waals surface area contributed by atoms with Gasteiger partial charge in [0.25, 0.3) is 0 Å². The van der Waals surface area contributed by atoms with Crippen LogP contribution in [0.3, 0.4) is 0 Å². The third-order valence-corrected chi connectivity index (χ3v) is 3.87. The number of hydrogen-bond donors (Lipinski definition) is 1. The van der Waals surface area contributed by atoms with Crippen LogP contribution >= 0.6 is 0 Å². The number of nitrogens with one attached hydrogen (secondary N) is 1. The molecule has 0 saturated carbocycles. The van der Waals surface area contributed by atoms with E-state index in [9.17, 15) is 13.2 Å². The van der Waals surface area contributed by atoms with Gasteiger partial charge in [0.1, 0.15) is 0 Å². The second-order valence-corrected chi connectivity index (χ2v) is 5.09. The van der Waals surface area contributed by atoms with E-state index in [0.717, 1.165) is 25.8 Å². The van der Waals surface area contributed by atoms with Crippen molar-refractivity contribution >= 4 is 0 Å². The van der Waals surface area contributed by atoms with Gasteiger partial charge in [0.15, 0.2) is 0 Å². The van der Waals surface area contributed by atoms with Crippen LogP contribution in [0.15, 0.2) is 0 Å². The van der Waals surface area contributed by atoms with Gasteiger partial charge in [0.2, 0.25) is 0 Å². The highest BCUT2D eigenvalue weighted by Gasteiger charge is 2.44. The minimum Gasteiger partial charge on any atom is -0.375 e. The Bertz CT molecular complexity index is 257.